The van der Waals surface area contributed by atoms with Gasteiger partial charge >= 0.3 is 11.7 Å². The minimum absolute atomic E-state index is 0.183. The average molecular weight is 376 g/mol. The lowest BCUT2D eigenvalue weighted by atomic mass is 10.1. The zero-order valence-corrected chi connectivity index (χ0v) is 14.4. The fraction of sp³-hybridized carbons (Fsp3) is 0.133. The van der Waals surface area contributed by atoms with Crippen LogP contribution in [0.5, 0.6) is 0 Å². The zero-order valence-electron chi connectivity index (χ0n) is 12.8. The molecule has 2 heterocycles. The molecule has 0 radical (unpaired) electrons. The monoisotopic (exact) mass is 375 g/mol. The molecular formula is C15H10ClN5O3S. The molecule has 0 spiro atoms. The van der Waals surface area contributed by atoms with Gasteiger partial charge in [0.05, 0.1) is 23.9 Å². The van der Waals surface area contributed by atoms with Crippen LogP contribution in [0.1, 0.15) is 21.5 Å². The first-order valence-corrected chi connectivity index (χ1v) is 8.28. The maximum Gasteiger partial charge on any atom is 0.350 e. The van der Waals surface area contributed by atoms with E-state index in [9.17, 15) is 9.59 Å². The van der Waals surface area contributed by atoms with Crippen LogP contribution >= 0.6 is 23.4 Å². The van der Waals surface area contributed by atoms with Gasteiger partial charge in [0.1, 0.15) is 11.6 Å². The van der Waals surface area contributed by atoms with E-state index in [1.807, 2.05) is 6.07 Å². The Morgan fingerprint density at radius 3 is 3.04 bits per heavy atom. The maximum atomic E-state index is 12.0. The van der Waals surface area contributed by atoms with Crippen molar-refractivity contribution in [3.8, 4) is 6.07 Å². The number of hydrogen-bond donors (Lipinski definition) is 1. The van der Waals surface area contributed by atoms with Crippen molar-refractivity contribution in [2.45, 2.75) is 10.9 Å². The number of esters is 1. The van der Waals surface area contributed by atoms with E-state index in [1.54, 1.807) is 18.2 Å². The number of nitrogens with zero attached hydrogens (tertiary/aromatic N) is 4. The number of ether oxygens (including phenoxy) is 1. The van der Waals surface area contributed by atoms with E-state index >= 15 is 0 Å². The predicted molar refractivity (Wildman–Crippen MR) is 90.7 cm³/mol. The predicted octanol–water partition coefficient (Wildman–Crippen LogP) is 2.02. The molecule has 0 saturated heterocycles. The fourth-order valence-electron chi connectivity index (χ4n) is 2.12. The number of thioether (sulfide) groups is 1. The van der Waals surface area contributed by atoms with Gasteiger partial charge in [-0.05, 0) is 11.6 Å². The molecule has 2 aromatic heterocycles. The van der Waals surface area contributed by atoms with Gasteiger partial charge in [0.25, 0.3) is 0 Å². The van der Waals surface area contributed by atoms with Crippen molar-refractivity contribution < 1.29 is 9.53 Å². The molecule has 0 aliphatic carbocycles. The highest BCUT2D eigenvalue weighted by Gasteiger charge is 2.15. The molecule has 1 N–H and O–H groups in total. The first-order valence-electron chi connectivity index (χ1n) is 6.91. The number of aromatic amines is 1. The van der Waals surface area contributed by atoms with Crippen LogP contribution in [-0.2, 0) is 10.5 Å². The highest BCUT2D eigenvalue weighted by molar-refractivity contribution is 7.98. The SMILES string of the molecule is COC(=O)c1cccc(CSc2nc3c(C#N)cnn3c(=O)[nH]2)c1Cl. The van der Waals surface area contributed by atoms with E-state index in [-0.39, 0.29) is 21.8 Å². The molecule has 0 saturated carbocycles. The molecule has 1 aromatic carbocycles. The molecule has 126 valence electrons. The van der Waals surface area contributed by atoms with Crippen LogP contribution in [0.2, 0.25) is 5.02 Å². The standard InChI is InChI=1S/C15H10ClN5O3S/c1-24-13(22)10-4-2-3-8(11(10)16)7-25-14-19-12-9(5-17)6-18-21(12)15(23)20-14/h2-4,6H,7H2,1H3,(H,19,20,23). The minimum atomic E-state index is -0.525. The second kappa shape index (κ2) is 6.96. The van der Waals surface area contributed by atoms with Gasteiger partial charge in [0.15, 0.2) is 10.8 Å². The van der Waals surface area contributed by atoms with E-state index in [1.165, 1.54) is 25.1 Å². The van der Waals surface area contributed by atoms with Crippen LogP contribution in [0.4, 0.5) is 0 Å². The average Bonchev–Trinajstić information content (AvgIpc) is 3.04. The normalized spacial score (nSPS) is 10.6. The number of aromatic nitrogens is 4. The Hall–Kier alpha value is -2.83. The fourth-order valence-corrected chi connectivity index (χ4v) is 3.31. The Morgan fingerprint density at radius 2 is 2.32 bits per heavy atom. The van der Waals surface area contributed by atoms with Crippen molar-refractivity contribution >= 4 is 35.0 Å². The van der Waals surface area contributed by atoms with Crippen LogP contribution in [0.3, 0.4) is 0 Å². The van der Waals surface area contributed by atoms with Crippen LogP contribution < -0.4 is 5.69 Å². The second-order valence-electron chi connectivity index (χ2n) is 4.81. The molecule has 0 fully saturated rings. The van der Waals surface area contributed by atoms with Crippen LogP contribution in [0.25, 0.3) is 5.65 Å². The Labute approximate surface area is 150 Å². The lowest BCUT2D eigenvalue weighted by molar-refractivity contribution is 0.0601. The van der Waals surface area contributed by atoms with Crippen molar-refractivity contribution in [2.75, 3.05) is 7.11 Å². The molecule has 10 heteroatoms. The molecule has 0 amide bonds. The number of nitrogens with one attached hydrogen (secondary N) is 1. The van der Waals surface area contributed by atoms with Gasteiger partial charge in [-0.3, -0.25) is 4.98 Å². The number of carbonyl (C=O) groups excluding carboxylic acids is 1. The molecule has 0 unspecified atom stereocenters. The Bertz CT molecular complexity index is 1070. The summed E-state index contributed by atoms with van der Waals surface area (Å²) in [7, 11) is 1.28. The third kappa shape index (κ3) is 3.22. The summed E-state index contributed by atoms with van der Waals surface area (Å²) in [6.07, 6.45) is 1.28. The Balaban J connectivity index is 1.90. The molecule has 0 aliphatic rings. The summed E-state index contributed by atoms with van der Waals surface area (Å²) in [6.45, 7) is 0. The summed E-state index contributed by atoms with van der Waals surface area (Å²) >= 11 is 7.46. The van der Waals surface area contributed by atoms with Crippen molar-refractivity contribution in [2.24, 2.45) is 0 Å². The van der Waals surface area contributed by atoms with Gasteiger partial charge in [-0.25, -0.2) is 14.6 Å². The van der Waals surface area contributed by atoms with Gasteiger partial charge in [-0.2, -0.15) is 14.9 Å². The first-order chi connectivity index (χ1) is 12.0. The topological polar surface area (TPSA) is 113 Å². The van der Waals surface area contributed by atoms with Crippen molar-refractivity contribution in [1.82, 2.24) is 19.6 Å². The number of methoxy groups -OCH3 is 1. The molecule has 8 nitrogen and oxygen atoms in total. The molecule has 25 heavy (non-hydrogen) atoms. The number of fused-ring (bicyclic) bond motifs is 1. The highest BCUT2D eigenvalue weighted by Crippen LogP contribution is 2.27. The Morgan fingerprint density at radius 1 is 1.52 bits per heavy atom. The van der Waals surface area contributed by atoms with Crippen molar-refractivity contribution in [3.05, 3.63) is 56.6 Å². The third-order valence-corrected chi connectivity index (χ3v) is 4.69. The summed E-state index contributed by atoms with van der Waals surface area (Å²) < 4.78 is 5.71. The van der Waals surface area contributed by atoms with Gasteiger partial charge < -0.3 is 4.74 Å². The van der Waals surface area contributed by atoms with E-state index in [0.29, 0.717) is 16.5 Å². The largest absolute Gasteiger partial charge is 0.465 e. The molecule has 0 bridgehead atoms. The number of hydrogen-bond acceptors (Lipinski definition) is 7. The van der Waals surface area contributed by atoms with E-state index in [2.05, 4.69) is 19.8 Å². The van der Waals surface area contributed by atoms with E-state index in [0.717, 1.165) is 4.52 Å². The quantitative estimate of drug-likeness (QED) is 0.548. The maximum absolute atomic E-state index is 12.0. The van der Waals surface area contributed by atoms with Gasteiger partial charge in [-0.15, -0.1) is 0 Å². The molecule has 0 atom stereocenters. The van der Waals surface area contributed by atoms with E-state index in [4.69, 9.17) is 16.9 Å². The number of rotatable bonds is 4. The number of H-pyrrole nitrogens is 1. The molecule has 0 aliphatic heterocycles. The van der Waals surface area contributed by atoms with Crippen LogP contribution in [-0.4, -0.2) is 32.7 Å². The smallest absolute Gasteiger partial charge is 0.350 e. The summed E-state index contributed by atoms with van der Waals surface area (Å²) in [6, 6.07) is 6.96. The second-order valence-corrected chi connectivity index (χ2v) is 6.15. The van der Waals surface area contributed by atoms with Crippen LogP contribution in [0, 0.1) is 11.3 Å². The summed E-state index contributed by atoms with van der Waals surface area (Å²) in [5.74, 6) is -0.165. The van der Waals surface area contributed by atoms with Gasteiger partial charge in [-0.1, -0.05) is 35.5 Å². The third-order valence-electron chi connectivity index (χ3n) is 3.33. The molecule has 3 rings (SSSR count). The summed E-state index contributed by atoms with van der Waals surface area (Å²) in [4.78, 5) is 30.5. The minimum Gasteiger partial charge on any atom is -0.465 e. The molecular weight excluding hydrogens is 366 g/mol. The van der Waals surface area contributed by atoms with Gasteiger partial charge in [0.2, 0.25) is 0 Å². The lowest BCUT2D eigenvalue weighted by Crippen LogP contribution is -2.19. The van der Waals surface area contributed by atoms with E-state index < -0.39 is 11.7 Å². The zero-order chi connectivity index (χ0) is 18.0. The first kappa shape index (κ1) is 17.0. The Kier molecular flexibility index (Phi) is 4.74. The van der Waals surface area contributed by atoms with Crippen LogP contribution in [0.15, 0.2) is 34.3 Å². The number of halogens is 1. The number of nitriles is 1. The number of carbonyl (C=O) groups is 1. The van der Waals surface area contributed by atoms with Gasteiger partial charge in [0, 0.05) is 5.75 Å². The van der Waals surface area contributed by atoms with Crippen molar-refractivity contribution in [1.29, 1.82) is 5.26 Å². The van der Waals surface area contributed by atoms with Crippen molar-refractivity contribution in [3.63, 3.8) is 0 Å². The number of benzene rings is 1. The highest BCUT2D eigenvalue weighted by atomic mass is 35.5. The summed E-state index contributed by atoms with van der Waals surface area (Å²) in [5.41, 5.74) is 0.845. The summed E-state index contributed by atoms with van der Waals surface area (Å²) in [5, 5.41) is 13.4. The molecule has 3 aromatic rings. The lowest BCUT2D eigenvalue weighted by Gasteiger charge is -2.08.